The Balaban J connectivity index is 1.71. The Bertz CT molecular complexity index is 462. The highest BCUT2D eigenvalue weighted by Gasteiger charge is 2.29. The minimum absolute atomic E-state index is 0.0183. The van der Waals surface area contributed by atoms with E-state index in [2.05, 4.69) is 5.32 Å². The molecular formula is C11H18N2O5S. The number of rotatable bonds is 4. The van der Waals surface area contributed by atoms with Crippen LogP contribution >= 0.6 is 0 Å². The Morgan fingerprint density at radius 3 is 2.89 bits per heavy atom. The van der Waals surface area contributed by atoms with Crippen LogP contribution in [-0.4, -0.2) is 62.6 Å². The lowest BCUT2D eigenvalue weighted by Gasteiger charge is -2.26. The van der Waals surface area contributed by atoms with Crippen LogP contribution in [0.1, 0.15) is 19.3 Å². The van der Waals surface area contributed by atoms with Crippen molar-refractivity contribution >= 4 is 21.8 Å². The van der Waals surface area contributed by atoms with Crippen molar-refractivity contribution < 1.29 is 22.7 Å². The van der Waals surface area contributed by atoms with E-state index in [4.69, 9.17) is 4.74 Å². The van der Waals surface area contributed by atoms with Crippen LogP contribution in [0.2, 0.25) is 0 Å². The molecule has 0 aromatic heterocycles. The van der Waals surface area contributed by atoms with Gasteiger partial charge in [-0.05, 0) is 12.8 Å². The molecule has 2 aliphatic rings. The standard InChI is InChI=1S/C11H18N2O5S/c14-10(12-9-3-7-19(16,17)8-9)2-5-13-4-1-6-18-11(13)15/h9H,1-8H2,(H,12,14). The van der Waals surface area contributed by atoms with Gasteiger partial charge >= 0.3 is 6.09 Å². The van der Waals surface area contributed by atoms with Gasteiger partial charge in [0.2, 0.25) is 5.91 Å². The Morgan fingerprint density at radius 2 is 2.26 bits per heavy atom. The van der Waals surface area contributed by atoms with Gasteiger partial charge in [-0.2, -0.15) is 0 Å². The average molecular weight is 290 g/mol. The molecule has 19 heavy (non-hydrogen) atoms. The fourth-order valence-corrected chi connectivity index (χ4v) is 3.92. The molecule has 2 fully saturated rings. The van der Waals surface area contributed by atoms with Gasteiger partial charge in [0.05, 0.1) is 18.1 Å². The van der Waals surface area contributed by atoms with Gasteiger partial charge in [-0.1, -0.05) is 0 Å². The summed E-state index contributed by atoms with van der Waals surface area (Å²) in [4.78, 5) is 24.5. The van der Waals surface area contributed by atoms with E-state index in [-0.39, 0.29) is 36.0 Å². The van der Waals surface area contributed by atoms with Gasteiger partial charge < -0.3 is 15.0 Å². The summed E-state index contributed by atoms with van der Waals surface area (Å²) in [7, 11) is -2.98. The fraction of sp³-hybridized carbons (Fsp3) is 0.818. The Hall–Kier alpha value is -1.31. The average Bonchev–Trinajstić information content (AvgIpc) is 2.67. The minimum atomic E-state index is -2.98. The number of hydrogen-bond donors (Lipinski definition) is 1. The molecule has 2 amide bonds. The molecular weight excluding hydrogens is 272 g/mol. The molecule has 1 atom stereocenters. The zero-order chi connectivity index (χ0) is 13.9. The third-order valence-electron chi connectivity index (χ3n) is 3.26. The number of nitrogens with one attached hydrogen (secondary N) is 1. The van der Waals surface area contributed by atoms with Crippen molar-refractivity contribution in [2.24, 2.45) is 0 Å². The normalized spacial score (nSPS) is 26.0. The first-order valence-corrected chi connectivity index (χ1v) is 8.20. The van der Waals surface area contributed by atoms with Crippen molar-refractivity contribution in [3.05, 3.63) is 0 Å². The third-order valence-corrected chi connectivity index (χ3v) is 5.03. The molecule has 7 nitrogen and oxygen atoms in total. The molecule has 108 valence electrons. The second-order valence-corrected chi connectivity index (χ2v) is 7.10. The predicted octanol–water partition coefficient (Wildman–Crippen LogP) is -0.478. The number of carbonyl (C=O) groups excluding carboxylic acids is 2. The zero-order valence-corrected chi connectivity index (χ0v) is 11.4. The molecule has 0 spiro atoms. The lowest BCUT2D eigenvalue weighted by Crippen LogP contribution is -2.41. The van der Waals surface area contributed by atoms with E-state index >= 15 is 0 Å². The highest BCUT2D eigenvalue weighted by Crippen LogP contribution is 2.11. The third kappa shape index (κ3) is 4.09. The van der Waals surface area contributed by atoms with Gasteiger partial charge in [0.25, 0.3) is 0 Å². The first-order chi connectivity index (χ1) is 8.96. The van der Waals surface area contributed by atoms with Gasteiger partial charge in [-0.25, -0.2) is 13.2 Å². The van der Waals surface area contributed by atoms with Crippen LogP contribution in [0.4, 0.5) is 4.79 Å². The largest absolute Gasteiger partial charge is 0.449 e. The van der Waals surface area contributed by atoms with Crippen LogP contribution in [0.25, 0.3) is 0 Å². The number of hydrogen-bond acceptors (Lipinski definition) is 5. The molecule has 2 heterocycles. The first kappa shape index (κ1) is 14.1. The second kappa shape index (κ2) is 5.77. The van der Waals surface area contributed by atoms with Crippen molar-refractivity contribution in [3.8, 4) is 0 Å². The summed E-state index contributed by atoms with van der Waals surface area (Å²) in [6.07, 6.45) is 1.03. The van der Waals surface area contributed by atoms with Crippen molar-refractivity contribution in [3.63, 3.8) is 0 Å². The van der Waals surface area contributed by atoms with Crippen molar-refractivity contribution in [1.82, 2.24) is 10.2 Å². The van der Waals surface area contributed by atoms with Crippen LogP contribution in [-0.2, 0) is 19.4 Å². The van der Waals surface area contributed by atoms with E-state index in [1.54, 1.807) is 0 Å². The van der Waals surface area contributed by atoms with Crippen LogP contribution in [0.15, 0.2) is 0 Å². The number of ether oxygens (including phenoxy) is 1. The van der Waals surface area contributed by atoms with E-state index in [1.807, 2.05) is 0 Å². The van der Waals surface area contributed by atoms with Gasteiger partial charge in [0, 0.05) is 25.6 Å². The SMILES string of the molecule is O=C(CCN1CCCOC1=O)NC1CCS(=O)(=O)C1. The summed E-state index contributed by atoms with van der Waals surface area (Å²) in [5, 5.41) is 2.69. The van der Waals surface area contributed by atoms with E-state index < -0.39 is 9.84 Å². The smallest absolute Gasteiger partial charge is 0.409 e. The molecule has 8 heteroatoms. The Morgan fingerprint density at radius 1 is 1.47 bits per heavy atom. The van der Waals surface area contributed by atoms with Gasteiger partial charge in [-0.15, -0.1) is 0 Å². The molecule has 0 aromatic carbocycles. The monoisotopic (exact) mass is 290 g/mol. The highest BCUT2D eigenvalue weighted by atomic mass is 32.2. The molecule has 2 rings (SSSR count). The van der Waals surface area contributed by atoms with E-state index in [0.29, 0.717) is 26.1 Å². The molecule has 1 N–H and O–H groups in total. The van der Waals surface area contributed by atoms with Crippen molar-refractivity contribution in [1.29, 1.82) is 0 Å². The highest BCUT2D eigenvalue weighted by molar-refractivity contribution is 7.91. The number of cyclic esters (lactones) is 1. The van der Waals surface area contributed by atoms with E-state index in [9.17, 15) is 18.0 Å². The maximum atomic E-state index is 11.7. The molecule has 0 radical (unpaired) electrons. The molecule has 0 aliphatic carbocycles. The number of sulfone groups is 1. The van der Waals surface area contributed by atoms with Crippen LogP contribution in [0.3, 0.4) is 0 Å². The van der Waals surface area contributed by atoms with Crippen LogP contribution < -0.4 is 5.32 Å². The first-order valence-electron chi connectivity index (χ1n) is 6.38. The molecule has 2 aliphatic heterocycles. The molecule has 1 unspecified atom stereocenters. The van der Waals surface area contributed by atoms with Crippen molar-refractivity contribution in [2.45, 2.75) is 25.3 Å². The van der Waals surface area contributed by atoms with Crippen LogP contribution in [0, 0.1) is 0 Å². The maximum absolute atomic E-state index is 11.7. The van der Waals surface area contributed by atoms with Crippen molar-refractivity contribution in [2.75, 3.05) is 31.2 Å². The summed E-state index contributed by atoms with van der Waals surface area (Å²) in [6.45, 7) is 1.34. The van der Waals surface area contributed by atoms with E-state index in [1.165, 1.54) is 4.90 Å². The molecule has 0 aromatic rings. The minimum Gasteiger partial charge on any atom is -0.449 e. The number of amides is 2. The molecule has 2 saturated heterocycles. The second-order valence-electron chi connectivity index (χ2n) is 4.87. The summed E-state index contributed by atoms with van der Waals surface area (Å²) in [5.41, 5.74) is 0. The van der Waals surface area contributed by atoms with Gasteiger partial charge in [0.1, 0.15) is 0 Å². The lowest BCUT2D eigenvalue weighted by molar-refractivity contribution is -0.121. The fourth-order valence-electron chi connectivity index (χ4n) is 2.25. The number of nitrogens with zero attached hydrogens (tertiary/aromatic N) is 1. The summed E-state index contributed by atoms with van der Waals surface area (Å²) in [5.74, 6) is -0.0681. The van der Waals surface area contributed by atoms with E-state index in [0.717, 1.165) is 6.42 Å². The van der Waals surface area contributed by atoms with Crippen LogP contribution in [0.5, 0.6) is 0 Å². The lowest BCUT2D eigenvalue weighted by atomic mass is 10.2. The molecule has 0 saturated carbocycles. The Kier molecular flexibility index (Phi) is 4.28. The van der Waals surface area contributed by atoms with Gasteiger partial charge in [0.15, 0.2) is 9.84 Å². The topological polar surface area (TPSA) is 92.8 Å². The molecule has 0 bridgehead atoms. The Labute approximate surface area is 112 Å². The zero-order valence-electron chi connectivity index (χ0n) is 10.6. The summed E-state index contributed by atoms with van der Waals surface area (Å²) < 4.78 is 27.4. The number of carbonyl (C=O) groups is 2. The predicted molar refractivity (Wildman–Crippen MR) is 67.4 cm³/mol. The summed E-state index contributed by atoms with van der Waals surface area (Å²) in [6, 6.07) is -0.286. The van der Waals surface area contributed by atoms with Gasteiger partial charge in [-0.3, -0.25) is 4.79 Å². The summed E-state index contributed by atoms with van der Waals surface area (Å²) >= 11 is 0. The quantitative estimate of drug-likeness (QED) is 0.755. The maximum Gasteiger partial charge on any atom is 0.409 e.